The zero-order valence-corrected chi connectivity index (χ0v) is 24.8. The van der Waals surface area contributed by atoms with Gasteiger partial charge in [0, 0.05) is 12.2 Å². The normalized spacial score (nSPS) is 9.13. The van der Waals surface area contributed by atoms with E-state index in [0.29, 0.717) is 0 Å². The number of hydrogen-bond donors (Lipinski definition) is 1. The van der Waals surface area contributed by atoms with E-state index in [1.54, 1.807) is 0 Å². The number of terminal acetylenes is 1. The molecule has 4 rings (SSSR count). The minimum Gasteiger partial charge on any atom is -0.382 e. The third kappa shape index (κ3) is 19.5. The molecule has 0 unspecified atom stereocenters. The molecule has 204 valence electrons. The summed E-state index contributed by atoms with van der Waals surface area (Å²) in [4.78, 5) is 0. The van der Waals surface area contributed by atoms with E-state index in [-0.39, 0.29) is 0 Å². The SMILES string of the molecule is C#C.C/C=C\CNc1ccc(C)cc1.C=CCc1ccc(C)cc1.Cc1ccc(C)cc1.Cc1ccccc1. The van der Waals surface area contributed by atoms with Crippen molar-refractivity contribution in [3.8, 4) is 12.8 Å². The van der Waals surface area contributed by atoms with Crippen LogP contribution in [0.15, 0.2) is 128 Å². The summed E-state index contributed by atoms with van der Waals surface area (Å²) >= 11 is 0. The number of nitrogens with one attached hydrogen (secondary N) is 1. The first-order valence-corrected chi connectivity index (χ1v) is 13.3. The molecule has 0 aliphatic heterocycles. The van der Waals surface area contributed by atoms with Gasteiger partial charge in [0.2, 0.25) is 0 Å². The summed E-state index contributed by atoms with van der Waals surface area (Å²) in [5.74, 6) is 0. The number of allylic oxidation sites excluding steroid dienone is 2. The van der Waals surface area contributed by atoms with Crippen molar-refractivity contribution in [2.45, 2.75) is 48.0 Å². The first kappa shape index (κ1) is 34.7. The van der Waals surface area contributed by atoms with Crippen LogP contribution in [0.25, 0.3) is 0 Å². The van der Waals surface area contributed by atoms with Gasteiger partial charge in [-0.25, -0.2) is 0 Å². The fourth-order valence-electron chi connectivity index (χ4n) is 3.03. The van der Waals surface area contributed by atoms with Crippen LogP contribution in [0, 0.1) is 47.5 Å². The Morgan fingerprint density at radius 1 is 0.590 bits per heavy atom. The van der Waals surface area contributed by atoms with Crippen molar-refractivity contribution >= 4 is 5.69 Å². The lowest BCUT2D eigenvalue weighted by Gasteiger charge is -2.02. The zero-order valence-electron chi connectivity index (χ0n) is 24.8. The fraction of sp³-hybridized carbons (Fsp3) is 0.211. The van der Waals surface area contributed by atoms with Crippen LogP contribution in [0.3, 0.4) is 0 Å². The predicted octanol–water partition coefficient (Wildman–Crippen LogP) is 10.3. The quantitative estimate of drug-likeness (QED) is 0.205. The van der Waals surface area contributed by atoms with Crippen molar-refractivity contribution in [2.24, 2.45) is 0 Å². The molecule has 4 aromatic rings. The smallest absolute Gasteiger partial charge is 0.0342 e. The van der Waals surface area contributed by atoms with Crippen LogP contribution in [0.4, 0.5) is 5.69 Å². The van der Waals surface area contributed by atoms with Gasteiger partial charge in [-0.05, 0) is 65.7 Å². The molecule has 0 saturated heterocycles. The molecule has 0 atom stereocenters. The second-order valence-corrected chi connectivity index (χ2v) is 9.10. The largest absolute Gasteiger partial charge is 0.382 e. The average molecular weight is 518 g/mol. The van der Waals surface area contributed by atoms with Gasteiger partial charge in [0.15, 0.2) is 0 Å². The number of rotatable bonds is 5. The van der Waals surface area contributed by atoms with Crippen molar-refractivity contribution in [1.29, 1.82) is 0 Å². The molecule has 39 heavy (non-hydrogen) atoms. The Bertz CT molecular complexity index is 1140. The van der Waals surface area contributed by atoms with Crippen LogP contribution < -0.4 is 5.32 Å². The van der Waals surface area contributed by atoms with Crippen LogP contribution >= 0.6 is 0 Å². The lowest BCUT2D eigenvalue weighted by atomic mass is 10.1. The molecule has 0 heterocycles. The van der Waals surface area contributed by atoms with Crippen molar-refractivity contribution < 1.29 is 0 Å². The average Bonchev–Trinajstić information content (AvgIpc) is 2.96. The molecule has 0 fully saturated rings. The Morgan fingerprint density at radius 2 is 0.974 bits per heavy atom. The van der Waals surface area contributed by atoms with Gasteiger partial charge in [0.1, 0.15) is 0 Å². The summed E-state index contributed by atoms with van der Waals surface area (Å²) in [6.45, 7) is 17.1. The third-order valence-corrected chi connectivity index (χ3v) is 5.37. The van der Waals surface area contributed by atoms with E-state index >= 15 is 0 Å². The number of aryl methyl sites for hydroxylation is 5. The first-order valence-electron chi connectivity index (χ1n) is 13.3. The molecule has 0 spiro atoms. The second kappa shape index (κ2) is 22.9. The summed E-state index contributed by atoms with van der Waals surface area (Å²) in [6.07, 6.45) is 15.0. The zero-order chi connectivity index (χ0) is 29.3. The van der Waals surface area contributed by atoms with Gasteiger partial charge in [-0.3, -0.25) is 0 Å². The molecule has 1 N–H and O–H groups in total. The summed E-state index contributed by atoms with van der Waals surface area (Å²) in [5.41, 5.74) is 9.10. The van der Waals surface area contributed by atoms with Crippen molar-refractivity contribution in [1.82, 2.24) is 0 Å². The maximum absolute atomic E-state index is 4.00. The minimum absolute atomic E-state index is 0.902. The molecule has 1 heteroatoms. The van der Waals surface area contributed by atoms with Gasteiger partial charge in [-0.15, -0.1) is 19.4 Å². The van der Waals surface area contributed by atoms with Crippen LogP contribution in [-0.4, -0.2) is 6.54 Å². The number of anilines is 1. The highest BCUT2D eigenvalue weighted by Crippen LogP contribution is 2.07. The van der Waals surface area contributed by atoms with E-state index in [1.807, 2.05) is 37.3 Å². The van der Waals surface area contributed by atoms with E-state index in [1.165, 1.54) is 39.1 Å². The predicted molar refractivity (Wildman–Crippen MR) is 177 cm³/mol. The minimum atomic E-state index is 0.902. The van der Waals surface area contributed by atoms with Crippen molar-refractivity contribution in [3.63, 3.8) is 0 Å². The highest BCUT2D eigenvalue weighted by atomic mass is 14.8. The lowest BCUT2D eigenvalue weighted by Crippen LogP contribution is -1.97. The molecule has 0 aliphatic rings. The summed E-state index contributed by atoms with van der Waals surface area (Å²) < 4.78 is 0. The third-order valence-electron chi connectivity index (χ3n) is 5.37. The molecule has 0 aromatic heterocycles. The topological polar surface area (TPSA) is 12.0 Å². The van der Waals surface area contributed by atoms with Gasteiger partial charge < -0.3 is 5.32 Å². The van der Waals surface area contributed by atoms with E-state index in [2.05, 4.69) is 150 Å². The van der Waals surface area contributed by atoms with Gasteiger partial charge in [-0.2, -0.15) is 0 Å². The first-order chi connectivity index (χ1) is 18.8. The highest BCUT2D eigenvalue weighted by molar-refractivity contribution is 5.44. The van der Waals surface area contributed by atoms with Crippen LogP contribution in [0.1, 0.15) is 40.3 Å². The Hall–Kier alpha value is -4.28. The second-order valence-electron chi connectivity index (χ2n) is 9.10. The molecule has 0 aliphatic carbocycles. The van der Waals surface area contributed by atoms with E-state index < -0.39 is 0 Å². The molecule has 0 saturated carbocycles. The maximum atomic E-state index is 4.00. The van der Waals surface area contributed by atoms with Crippen LogP contribution in [0.5, 0.6) is 0 Å². The number of hydrogen-bond acceptors (Lipinski definition) is 1. The molecular formula is C38H47N. The van der Waals surface area contributed by atoms with Gasteiger partial charge >= 0.3 is 0 Å². The molecule has 1 nitrogen and oxygen atoms in total. The van der Waals surface area contributed by atoms with Crippen LogP contribution in [0.2, 0.25) is 0 Å². The summed E-state index contributed by atoms with van der Waals surface area (Å²) in [7, 11) is 0. The standard InChI is InChI=1S/C11H15N.C10H12.C8H10.C7H8.C2H2/c1-3-4-9-12-11-7-5-10(2)6-8-11;1-3-4-10-7-5-9(2)6-8-10;1-7-3-5-8(2)6-4-7;1-7-5-3-2-4-6-7;1-2/h3-8,12H,9H2,1-2H3;3,5-8H,1,4H2,2H3;3-6H,1-2H3;2-6H,1H3;1-2H/b4-3-;;;;. The Labute approximate surface area is 239 Å². The molecule has 0 amide bonds. The molecule has 0 radical (unpaired) electrons. The fourth-order valence-corrected chi connectivity index (χ4v) is 3.03. The van der Waals surface area contributed by atoms with Gasteiger partial charge in [0.05, 0.1) is 0 Å². The van der Waals surface area contributed by atoms with Gasteiger partial charge in [0.25, 0.3) is 0 Å². The maximum Gasteiger partial charge on any atom is 0.0342 e. The highest BCUT2D eigenvalue weighted by Gasteiger charge is 1.88. The molecule has 0 bridgehead atoms. The number of benzene rings is 4. The molecular weight excluding hydrogens is 470 g/mol. The van der Waals surface area contributed by atoms with E-state index in [9.17, 15) is 0 Å². The van der Waals surface area contributed by atoms with Gasteiger partial charge in [-0.1, -0.05) is 137 Å². The van der Waals surface area contributed by atoms with Crippen LogP contribution in [-0.2, 0) is 6.42 Å². The Morgan fingerprint density at radius 3 is 1.33 bits per heavy atom. The summed E-state index contributed by atoms with van der Waals surface area (Å²) in [5, 5.41) is 3.29. The molecule has 4 aromatic carbocycles. The monoisotopic (exact) mass is 517 g/mol. The van der Waals surface area contributed by atoms with E-state index in [4.69, 9.17) is 0 Å². The van der Waals surface area contributed by atoms with Crippen molar-refractivity contribution in [2.75, 3.05) is 11.9 Å². The van der Waals surface area contributed by atoms with E-state index in [0.717, 1.165) is 13.0 Å². The van der Waals surface area contributed by atoms with Crippen molar-refractivity contribution in [3.05, 3.63) is 161 Å². The Balaban J connectivity index is 0.000000491. The summed E-state index contributed by atoms with van der Waals surface area (Å²) in [6, 6.07) is 35.7. The lowest BCUT2D eigenvalue weighted by molar-refractivity contribution is 1.26. The Kier molecular flexibility index (Phi) is 20.4.